The fraction of sp³-hybridized carbons (Fsp3) is 0.235. The Morgan fingerprint density at radius 1 is 0.844 bits per heavy atom. The fourth-order valence-corrected chi connectivity index (χ4v) is 6.76. The molecule has 236 valence electrons. The Hall–Kier alpha value is -3.92. The summed E-state index contributed by atoms with van der Waals surface area (Å²) in [6, 6.07) is 25.8. The van der Waals surface area contributed by atoms with Gasteiger partial charge in [0.2, 0.25) is 11.8 Å². The first-order valence-electron chi connectivity index (χ1n) is 14.5. The van der Waals surface area contributed by atoms with E-state index in [9.17, 15) is 18.0 Å². The summed E-state index contributed by atoms with van der Waals surface area (Å²) in [5, 5.41) is 3.46. The minimum atomic E-state index is -4.42. The van der Waals surface area contributed by atoms with Crippen molar-refractivity contribution in [3.05, 3.63) is 130 Å². The quantitative estimate of drug-likeness (QED) is 0.148. The highest BCUT2D eigenvalue weighted by molar-refractivity contribution is 7.92. The van der Waals surface area contributed by atoms with Crippen LogP contribution in [0.4, 0.5) is 10.1 Å². The largest absolute Gasteiger partial charge is 0.354 e. The molecule has 0 heterocycles. The summed E-state index contributed by atoms with van der Waals surface area (Å²) in [6.45, 7) is 1.38. The molecule has 2 amide bonds. The third-order valence-corrected chi connectivity index (χ3v) is 9.70. The Morgan fingerprint density at radius 3 is 2.07 bits per heavy atom. The maximum atomic E-state index is 15.2. The van der Waals surface area contributed by atoms with E-state index in [0.29, 0.717) is 12.1 Å². The third kappa shape index (κ3) is 8.63. The van der Waals surface area contributed by atoms with E-state index < -0.39 is 40.2 Å². The summed E-state index contributed by atoms with van der Waals surface area (Å²) in [5.74, 6) is -2.00. The van der Waals surface area contributed by atoms with Crippen molar-refractivity contribution in [3.63, 3.8) is 0 Å². The summed E-state index contributed by atoms with van der Waals surface area (Å²) in [7, 11) is -4.42. The summed E-state index contributed by atoms with van der Waals surface area (Å²) >= 11 is 13.0. The van der Waals surface area contributed by atoms with Crippen LogP contribution in [0.1, 0.15) is 30.9 Å². The van der Waals surface area contributed by atoms with Gasteiger partial charge in [0.1, 0.15) is 18.4 Å². The smallest absolute Gasteiger partial charge is 0.264 e. The van der Waals surface area contributed by atoms with Gasteiger partial charge >= 0.3 is 0 Å². The van der Waals surface area contributed by atoms with Crippen LogP contribution in [0.15, 0.2) is 108 Å². The Labute approximate surface area is 273 Å². The van der Waals surface area contributed by atoms with Gasteiger partial charge in [0.25, 0.3) is 10.0 Å². The van der Waals surface area contributed by atoms with Crippen LogP contribution in [0.3, 0.4) is 0 Å². The topological polar surface area (TPSA) is 86.8 Å². The molecule has 4 aromatic carbocycles. The standard InChI is InChI=1S/C34H34Cl2FN3O4S/c1-2-3-21-38-34(42)32(22-25-13-6-4-7-14-25)39(23-27-28(35)17-12-18-29(27)36)33(41)24-40(31-20-11-10-19-30(31)37)45(43,44)26-15-8-5-9-16-26/h4-20,32H,2-3,21-24H2,1H3,(H,38,42)/t32-/m1/s1. The van der Waals surface area contributed by atoms with Crippen LogP contribution in [-0.4, -0.2) is 44.3 Å². The number of hydrogen-bond donors (Lipinski definition) is 1. The number of nitrogens with zero attached hydrogens (tertiary/aromatic N) is 2. The molecule has 0 saturated carbocycles. The highest BCUT2D eigenvalue weighted by Gasteiger charge is 2.35. The number of para-hydroxylation sites is 1. The number of carbonyl (C=O) groups is 2. The zero-order valence-electron chi connectivity index (χ0n) is 24.7. The molecule has 0 fully saturated rings. The van der Waals surface area contributed by atoms with E-state index >= 15 is 4.39 Å². The van der Waals surface area contributed by atoms with Crippen molar-refractivity contribution >= 4 is 50.7 Å². The van der Waals surface area contributed by atoms with Gasteiger partial charge in [-0.2, -0.15) is 0 Å². The molecular formula is C34H34Cl2FN3O4S. The number of rotatable bonds is 14. The number of sulfonamides is 1. The second kappa shape index (κ2) is 15.9. The SMILES string of the molecule is CCCCNC(=O)[C@@H](Cc1ccccc1)N(Cc1c(Cl)cccc1Cl)C(=O)CN(c1ccccc1F)S(=O)(=O)c1ccccc1. The van der Waals surface area contributed by atoms with Crippen LogP contribution >= 0.6 is 23.2 Å². The first kappa shape index (κ1) is 34.0. The molecule has 4 aromatic rings. The van der Waals surface area contributed by atoms with E-state index in [4.69, 9.17) is 23.2 Å². The lowest BCUT2D eigenvalue weighted by atomic mass is 10.0. The number of halogens is 3. The average Bonchev–Trinajstić information content (AvgIpc) is 3.04. The van der Waals surface area contributed by atoms with Crippen molar-refractivity contribution in [1.82, 2.24) is 10.2 Å². The highest BCUT2D eigenvalue weighted by Crippen LogP contribution is 2.30. The molecule has 0 unspecified atom stereocenters. The van der Waals surface area contributed by atoms with Crippen LogP contribution < -0.4 is 9.62 Å². The van der Waals surface area contributed by atoms with E-state index in [-0.39, 0.29) is 33.6 Å². The minimum Gasteiger partial charge on any atom is -0.354 e. The van der Waals surface area contributed by atoms with E-state index in [1.807, 2.05) is 37.3 Å². The summed E-state index contributed by atoms with van der Waals surface area (Å²) in [6.07, 6.45) is 1.69. The lowest BCUT2D eigenvalue weighted by Crippen LogP contribution is -2.53. The zero-order valence-corrected chi connectivity index (χ0v) is 27.0. The zero-order chi connectivity index (χ0) is 32.4. The molecule has 0 saturated heterocycles. The monoisotopic (exact) mass is 669 g/mol. The van der Waals surface area contributed by atoms with Crippen LogP contribution in [0, 0.1) is 5.82 Å². The minimum absolute atomic E-state index is 0.123. The van der Waals surface area contributed by atoms with Crippen molar-refractivity contribution in [1.29, 1.82) is 0 Å². The molecule has 0 aliphatic heterocycles. The van der Waals surface area contributed by atoms with Crippen molar-refractivity contribution in [2.75, 3.05) is 17.4 Å². The van der Waals surface area contributed by atoms with E-state index in [2.05, 4.69) is 5.32 Å². The molecular weight excluding hydrogens is 636 g/mol. The van der Waals surface area contributed by atoms with Gasteiger partial charge < -0.3 is 10.2 Å². The Kier molecular flexibility index (Phi) is 12.0. The molecule has 0 aliphatic carbocycles. The predicted octanol–water partition coefficient (Wildman–Crippen LogP) is 6.88. The molecule has 45 heavy (non-hydrogen) atoms. The Balaban J connectivity index is 1.82. The van der Waals surface area contributed by atoms with Crippen molar-refractivity contribution in [3.8, 4) is 0 Å². The normalized spacial score (nSPS) is 11.9. The van der Waals surface area contributed by atoms with Gasteiger partial charge in [-0.1, -0.05) is 103 Å². The molecule has 0 aliphatic rings. The molecule has 0 bridgehead atoms. The van der Waals surface area contributed by atoms with Gasteiger partial charge in [-0.15, -0.1) is 0 Å². The van der Waals surface area contributed by atoms with Crippen molar-refractivity contribution in [2.24, 2.45) is 0 Å². The van der Waals surface area contributed by atoms with Crippen molar-refractivity contribution < 1.29 is 22.4 Å². The number of anilines is 1. The van der Waals surface area contributed by atoms with Gasteiger partial charge in [0, 0.05) is 35.1 Å². The van der Waals surface area contributed by atoms with Gasteiger partial charge in [0.15, 0.2) is 0 Å². The van der Waals surface area contributed by atoms with Gasteiger partial charge in [-0.25, -0.2) is 12.8 Å². The maximum absolute atomic E-state index is 15.2. The number of nitrogens with one attached hydrogen (secondary N) is 1. The van der Waals surface area contributed by atoms with Gasteiger partial charge in [-0.05, 0) is 48.4 Å². The Bertz CT molecular complexity index is 1690. The second-order valence-corrected chi connectivity index (χ2v) is 13.0. The highest BCUT2D eigenvalue weighted by atomic mass is 35.5. The first-order valence-corrected chi connectivity index (χ1v) is 16.7. The summed E-state index contributed by atoms with van der Waals surface area (Å²) < 4.78 is 43.8. The van der Waals surface area contributed by atoms with Crippen molar-refractivity contribution in [2.45, 2.75) is 43.7 Å². The number of hydrogen-bond acceptors (Lipinski definition) is 4. The average molecular weight is 671 g/mol. The Morgan fingerprint density at radius 2 is 1.44 bits per heavy atom. The maximum Gasteiger partial charge on any atom is 0.264 e. The molecule has 11 heteroatoms. The predicted molar refractivity (Wildman–Crippen MR) is 176 cm³/mol. The molecule has 0 radical (unpaired) electrons. The molecule has 0 spiro atoms. The number of carbonyl (C=O) groups excluding carboxylic acids is 2. The molecule has 1 N–H and O–H groups in total. The van der Waals surface area contributed by atoms with E-state index in [1.54, 1.807) is 24.3 Å². The van der Waals surface area contributed by atoms with Gasteiger partial charge in [0.05, 0.1) is 10.6 Å². The molecule has 0 aromatic heterocycles. The molecule has 1 atom stereocenters. The summed E-state index contributed by atoms with van der Waals surface area (Å²) in [5.41, 5.74) is 0.855. The van der Waals surface area contributed by atoms with Crippen LogP contribution in [0.5, 0.6) is 0 Å². The second-order valence-electron chi connectivity index (χ2n) is 10.3. The summed E-state index contributed by atoms with van der Waals surface area (Å²) in [4.78, 5) is 29.4. The number of amides is 2. The first-order chi connectivity index (χ1) is 21.6. The number of benzene rings is 4. The van der Waals surface area contributed by atoms with E-state index in [0.717, 1.165) is 28.8 Å². The van der Waals surface area contributed by atoms with E-state index in [1.165, 1.54) is 47.4 Å². The number of unbranched alkanes of at least 4 members (excludes halogenated alkanes) is 1. The van der Waals surface area contributed by atoms with Crippen LogP contribution in [-0.2, 0) is 32.6 Å². The lowest BCUT2D eigenvalue weighted by molar-refractivity contribution is -0.140. The van der Waals surface area contributed by atoms with Crippen LogP contribution in [0.25, 0.3) is 0 Å². The fourth-order valence-electron chi connectivity index (χ4n) is 4.80. The van der Waals surface area contributed by atoms with Gasteiger partial charge in [-0.3, -0.25) is 13.9 Å². The lowest BCUT2D eigenvalue weighted by Gasteiger charge is -2.34. The molecule has 4 rings (SSSR count). The third-order valence-electron chi connectivity index (χ3n) is 7.22. The van der Waals surface area contributed by atoms with Crippen LogP contribution in [0.2, 0.25) is 10.0 Å². The molecule has 7 nitrogen and oxygen atoms in total.